The van der Waals surface area contributed by atoms with E-state index in [9.17, 15) is 13.6 Å². The summed E-state index contributed by atoms with van der Waals surface area (Å²) < 4.78 is 34.4. The second-order valence-electron chi connectivity index (χ2n) is 4.50. The third-order valence-corrected chi connectivity index (χ3v) is 2.94. The summed E-state index contributed by atoms with van der Waals surface area (Å²) in [6.07, 6.45) is 1.17. The lowest BCUT2D eigenvalue weighted by molar-refractivity contribution is -0.0513. The third kappa shape index (κ3) is 4.42. The fourth-order valence-corrected chi connectivity index (χ4v) is 1.85. The van der Waals surface area contributed by atoms with Crippen molar-refractivity contribution < 1.29 is 28.2 Å². The highest BCUT2D eigenvalue weighted by atomic mass is 19.3. The summed E-state index contributed by atoms with van der Waals surface area (Å²) in [5, 5.41) is 12.9. The van der Waals surface area contributed by atoms with Gasteiger partial charge in [0.25, 0.3) is 5.91 Å². The molecule has 2 aromatic carbocycles. The molecule has 0 aliphatic rings. The number of hydrazone groups is 1. The first-order valence-corrected chi connectivity index (χ1v) is 6.75. The fourth-order valence-electron chi connectivity index (χ4n) is 1.85. The van der Waals surface area contributed by atoms with Crippen molar-refractivity contribution in [3.8, 4) is 17.2 Å². The number of aromatic hydroxyl groups is 1. The molecule has 0 aromatic heterocycles. The van der Waals surface area contributed by atoms with Crippen LogP contribution in [0.4, 0.5) is 8.78 Å². The summed E-state index contributed by atoms with van der Waals surface area (Å²) in [6.45, 7) is -3.03. The molecule has 0 radical (unpaired) electrons. The molecule has 8 heteroatoms. The molecule has 0 aliphatic carbocycles. The molecule has 0 unspecified atom stereocenters. The van der Waals surface area contributed by atoms with Gasteiger partial charge >= 0.3 is 6.61 Å². The highest BCUT2D eigenvalue weighted by molar-refractivity contribution is 5.95. The SMILES string of the molecule is COc1cccc(/C=N\NC(=O)c2ccc(O)cc2)c1OC(F)F. The summed E-state index contributed by atoms with van der Waals surface area (Å²) in [4.78, 5) is 11.8. The molecule has 0 heterocycles. The van der Waals surface area contributed by atoms with Crippen LogP contribution in [0.25, 0.3) is 0 Å². The molecule has 0 spiro atoms. The van der Waals surface area contributed by atoms with Gasteiger partial charge < -0.3 is 14.6 Å². The predicted molar refractivity (Wildman–Crippen MR) is 82.8 cm³/mol. The number of hydrogen-bond acceptors (Lipinski definition) is 5. The molecule has 0 saturated carbocycles. The molecule has 0 saturated heterocycles. The number of benzene rings is 2. The van der Waals surface area contributed by atoms with Crippen molar-refractivity contribution in [3.63, 3.8) is 0 Å². The number of nitrogens with zero attached hydrogens (tertiary/aromatic N) is 1. The number of halogens is 2. The van der Waals surface area contributed by atoms with Crippen LogP contribution >= 0.6 is 0 Å². The summed E-state index contributed by atoms with van der Waals surface area (Å²) in [5.41, 5.74) is 2.74. The number of ether oxygens (including phenoxy) is 2. The van der Waals surface area contributed by atoms with Crippen LogP contribution in [0.15, 0.2) is 47.6 Å². The van der Waals surface area contributed by atoms with Crippen molar-refractivity contribution >= 4 is 12.1 Å². The van der Waals surface area contributed by atoms with E-state index >= 15 is 0 Å². The highest BCUT2D eigenvalue weighted by Gasteiger charge is 2.14. The first-order valence-electron chi connectivity index (χ1n) is 6.75. The van der Waals surface area contributed by atoms with E-state index < -0.39 is 12.5 Å². The number of carbonyl (C=O) groups is 1. The first-order chi connectivity index (χ1) is 11.5. The van der Waals surface area contributed by atoms with Gasteiger partial charge in [-0.1, -0.05) is 6.07 Å². The molecular weight excluding hydrogens is 322 g/mol. The minimum atomic E-state index is -3.03. The number of amides is 1. The number of phenolic OH excluding ortho intramolecular Hbond substituents is 1. The third-order valence-electron chi connectivity index (χ3n) is 2.94. The lowest BCUT2D eigenvalue weighted by Gasteiger charge is -2.11. The van der Waals surface area contributed by atoms with Gasteiger partial charge in [0, 0.05) is 11.1 Å². The van der Waals surface area contributed by atoms with Gasteiger partial charge in [0.1, 0.15) is 5.75 Å². The standard InChI is InChI=1S/C16H14F2N2O4/c1-23-13-4-2-3-11(14(13)24-16(17)18)9-19-20-15(22)10-5-7-12(21)8-6-10/h2-9,16,21H,1H3,(H,20,22)/b19-9-. The van der Waals surface area contributed by atoms with Gasteiger partial charge in [-0.15, -0.1) is 0 Å². The Hall–Kier alpha value is -3.16. The van der Waals surface area contributed by atoms with E-state index in [1.54, 1.807) is 6.07 Å². The Morgan fingerprint density at radius 2 is 1.96 bits per heavy atom. The highest BCUT2D eigenvalue weighted by Crippen LogP contribution is 2.31. The Balaban J connectivity index is 2.13. The molecule has 0 bridgehead atoms. The largest absolute Gasteiger partial charge is 0.508 e. The molecule has 0 fully saturated rings. The second kappa shape index (κ2) is 7.91. The van der Waals surface area contributed by atoms with Crippen LogP contribution in [-0.2, 0) is 0 Å². The maximum atomic E-state index is 12.5. The van der Waals surface area contributed by atoms with Gasteiger partial charge in [0.15, 0.2) is 11.5 Å². The molecule has 2 N–H and O–H groups in total. The van der Waals surface area contributed by atoms with Gasteiger partial charge in [0.05, 0.1) is 13.3 Å². The monoisotopic (exact) mass is 336 g/mol. The van der Waals surface area contributed by atoms with Crippen molar-refractivity contribution in [2.24, 2.45) is 5.10 Å². The molecule has 2 aromatic rings. The molecule has 6 nitrogen and oxygen atoms in total. The van der Waals surface area contributed by atoms with E-state index in [1.807, 2.05) is 0 Å². The number of hydrogen-bond donors (Lipinski definition) is 2. The van der Waals surface area contributed by atoms with Gasteiger partial charge in [0.2, 0.25) is 0 Å². The zero-order valence-electron chi connectivity index (χ0n) is 12.6. The van der Waals surface area contributed by atoms with Crippen LogP contribution in [0.2, 0.25) is 0 Å². The molecule has 24 heavy (non-hydrogen) atoms. The van der Waals surface area contributed by atoms with E-state index in [1.165, 1.54) is 49.7 Å². The Bertz CT molecular complexity index is 733. The van der Waals surface area contributed by atoms with Crippen molar-refractivity contribution in [2.75, 3.05) is 7.11 Å². The second-order valence-corrected chi connectivity index (χ2v) is 4.50. The van der Waals surface area contributed by atoms with Gasteiger partial charge in [-0.3, -0.25) is 4.79 Å². The van der Waals surface area contributed by atoms with Crippen LogP contribution in [0.3, 0.4) is 0 Å². The predicted octanol–water partition coefficient (Wildman–Crippen LogP) is 2.77. The number of para-hydroxylation sites is 1. The zero-order chi connectivity index (χ0) is 17.5. The minimum Gasteiger partial charge on any atom is -0.508 e. The number of phenols is 1. The number of carbonyl (C=O) groups excluding carboxylic acids is 1. The fraction of sp³-hybridized carbons (Fsp3) is 0.125. The Morgan fingerprint density at radius 1 is 1.25 bits per heavy atom. The Kier molecular flexibility index (Phi) is 5.67. The number of methoxy groups -OCH3 is 1. The van der Waals surface area contributed by atoms with Crippen molar-refractivity contribution in [3.05, 3.63) is 53.6 Å². The quantitative estimate of drug-likeness (QED) is 0.628. The lowest BCUT2D eigenvalue weighted by Crippen LogP contribution is -2.17. The van der Waals surface area contributed by atoms with E-state index in [2.05, 4.69) is 15.3 Å². The van der Waals surface area contributed by atoms with Crippen LogP contribution in [-0.4, -0.2) is 30.9 Å². The Morgan fingerprint density at radius 3 is 2.58 bits per heavy atom. The van der Waals surface area contributed by atoms with E-state index in [0.29, 0.717) is 0 Å². The van der Waals surface area contributed by atoms with Crippen molar-refractivity contribution in [1.82, 2.24) is 5.43 Å². The number of nitrogens with one attached hydrogen (secondary N) is 1. The van der Waals surface area contributed by atoms with E-state index in [0.717, 1.165) is 0 Å². The molecule has 0 aliphatic heterocycles. The van der Waals surface area contributed by atoms with Gasteiger partial charge in [-0.05, 0) is 36.4 Å². The lowest BCUT2D eigenvalue weighted by atomic mass is 10.2. The van der Waals surface area contributed by atoms with E-state index in [4.69, 9.17) is 9.84 Å². The molecule has 1 amide bonds. The van der Waals surface area contributed by atoms with Crippen LogP contribution in [0.1, 0.15) is 15.9 Å². The summed E-state index contributed by atoms with van der Waals surface area (Å²) in [5.74, 6) is -0.563. The first kappa shape index (κ1) is 17.2. The summed E-state index contributed by atoms with van der Waals surface area (Å²) in [7, 11) is 1.32. The minimum absolute atomic E-state index is 0.0280. The smallest absolute Gasteiger partial charge is 0.387 e. The maximum absolute atomic E-state index is 12.5. The maximum Gasteiger partial charge on any atom is 0.387 e. The van der Waals surface area contributed by atoms with Crippen molar-refractivity contribution in [2.45, 2.75) is 6.61 Å². The Labute approximate surface area is 136 Å². The molecule has 0 atom stereocenters. The van der Waals surface area contributed by atoms with Crippen LogP contribution < -0.4 is 14.9 Å². The summed E-state index contributed by atoms with van der Waals surface area (Å²) >= 11 is 0. The molecular formula is C16H14F2N2O4. The number of rotatable bonds is 6. The summed E-state index contributed by atoms with van der Waals surface area (Å²) in [6, 6.07) is 10.1. The van der Waals surface area contributed by atoms with Crippen molar-refractivity contribution in [1.29, 1.82) is 0 Å². The molecule has 126 valence electrons. The van der Waals surface area contributed by atoms with Gasteiger partial charge in [-0.2, -0.15) is 13.9 Å². The van der Waals surface area contributed by atoms with Gasteiger partial charge in [-0.25, -0.2) is 5.43 Å². The van der Waals surface area contributed by atoms with Crippen LogP contribution in [0, 0.1) is 0 Å². The zero-order valence-corrected chi connectivity index (χ0v) is 12.6. The van der Waals surface area contributed by atoms with Crippen LogP contribution in [0.5, 0.6) is 17.2 Å². The average Bonchev–Trinajstić information content (AvgIpc) is 2.56. The normalized spacial score (nSPS) is 10.8. The molecule has 2 rings (SSSR count). The average molecular weight is 336 g/mol. The van der Waals surface area contributed by atoms with E-state index in [-0.39, 0.29) is 28.4 Å². The number of alkyl halides is 2. The topological polar surface area (TPSA) is 80.2 Å².